The van der Waals surface area contributed by atoms with Crippen molar-refractivity contribution in [3.63, 3.8) is 0 Å². The summed E-state index contributed by atoms with van der Waals surface area (Å²) in [7, 11) is 0. The Labute approximate surface area is 162 Å². The van der Waals surface area contributed by atoms with Gasteiger partial charge in [0.15, 0.2) is 11.6 Å². The van der Waals surface area contributed by atoms with Crippen LogP contribution in [0.4, 0.5) is 0 Å². The molecule has 0 atom stereocenters. The van der Waals surface area contributed by atoms with Crippen LogP contribution in [0.1, 0.15) is 42.2 Å². The third-order valence-electron chi connectivity index (χ3n) is 3.24. The van der Waals surface area contributed by atoms with Crippen LogP contribution >= 0.6 is 0 Å². The fraction of sp³-hybridized carbons (Fsp3) is 0. The first-order valence-electron chi connectivity index (χ1n) is 5.77. The van der Waals surface area contributed by atoms with E-state index in [1.165, 1.54) is 12.1 Å². The van der Waals surface area contributed by atoms with E-state index in [0.717, 1.165) is 12.1 Å². The average molecular weight is 306 g/mol. The number of rotatable bonds is 1. The molecular formula is C15H7KO5. The van der Waals surface area contributed by atoms with Crippen LogP contribution < -0.4 is 56.5 Å². The molecule has 2 aromatic carbocycles. The molecule has 0 unspecified atom stereocenters. The Morgan fingerprint density at radius 2 is 1.52 bits per heavy atom. The molecule has 0 heterocycles. The summed E-state index contributed by atoms with van der Waals surface area (Å²) in [6, 6.07) is 8.17. The van der Waals surface area contributed by atoms with E-state index in [1.54, 1.807) is 12.1 Å². The predicted molar refractivity (Wildman–Crippen MR) is 65.7 cm³/mol. The van der Waals surface area contributed by atoms with E-state index < -0.39 is 23.3 Å². The second-order valence-electron chi connectivity index (χ2n) is 4.41. The van der Waals surface area contributed by atoms with Gasteiger partial charge >= 0.3 is 51.4 Å². The number of carboxylic acids is 1. The Bertz CT molecular complexity index is 795. The van der Waals surface area contributed by atoms with Gasteiger partial charge in [0.05, 0.1) is 11.5 Å². The monoisotopic (exact) mass is 306 g/mol. The van der Waals surface area contributed by atoms with Gasteiger partial charge in [-0.05, 0) is 12.1 Å². The molecule has 0 saturated heterocycles. The van der Waals surface area contributed by atoms with Crippen LogP contribution in [0.2, 0.25) is 0 Å². The van der Waals surface area contributed by atoms with Gasteiger partial charge in [-0.25, -0.2) is 0 Å². The summed E-state index contributed by atoms with van der Waals surface area (Å²) in [4.78, 5) is 35.4. The van der Waals surface area contributed by atoms with Crippen LogP contribution in [-0.4, -0.2) is 22.6 Å². The molecule has 0 radical (unpaired) electrons. The number of hydrogen-bond acceptors (Lipinski definition) is 5. The molecular weight excluding hydrogens is 299 g/mol. The number of aromatic hydroxyl groups is 1. The van der Waals surface area contributed by atoms with Crippen LogP contribution in [0.15, 0.2) is 36.4 Å². The largest absolute Gasteiger partial charge is 1.00 e. The van der Waals surface area contributed by atoms with Gasteiger partial charge < -0.3 is 15.0 Å². The van der Waals surface area contributed by atoms with Crippen molar-refractivity contribution < 1.29 is 76.0 Å². The molecule has 0 saturated carbocycles. The van der Waals surface area contributed by atoms with Gasteiger partial charge in [-0.1, -0.05) is 24.3 Å². The molecule has 0 fully saturated rings. The Hall–Kier alpha value is -1.31. The fourth-order valence-electron chi connectivity index (χ4n) is 2.32. The van der Waals surface area contributed by atoms with Crippen molar-refractivity contribution in [2.24, 2.45) is 0 Å². The zero-order chi connectivity index (χ0) is 14.4. The quantitative estimate of drug-likeness (QED) is 0.503. The number of hydrogen-bond donors (Lipinski definition) is 1. The molecule has 0 spiro atoms. The van der Waals surface area contributed by atoms with Crippen molar-refractivity contribution in [3.8, 4) is 5.75 Å². The molecule has 1 N–H and O–H groups in total. The Morgan fingerprint density at radius 1 is 0.952 bits per heavy atom. The number of fused-ring (bicyclic) bond motifs is 2. The Morgan fingerprint density at radius 3 is 2.10 bits per heavy atom. The fourth-order valence-corrected chi connectivity index (χ4v) is 2.32. The number of carbonyl (C=O) groups excluding carboxylic acids is 3. The number of carboxylic acid groups (broad SMARTS) is 1. The summed E-state index contributed by atoms with van der Waals surface area (Å²) in [5, 5.41) is 20.7. The van der Waals surface area contributed by atoms with Gasteiger partial charge in [0.1, 0.15) is 5.75 Å². The Balaban J connectivity index is 0.00000161. The number of phenolic OH excluding ortho intramolecular Hbond substituents is 1. The Kier molecular flexibility index (Phi) is 4.45. The minimum Gasteiger partial charge on any atom is -0.545 e. The van der Waals surface area contributed by atoms with Gasteiger partial charge in [-0.2, -0.15) is 0 Å². The minimum atomic E-state index is -1.53. The van der Waals surface area contributed by atoms with E-state index in [0.29, 0.717) is 0 Å². The molecule has 5 nitrogen and oxygen atoms in total. The predicted octanol–water partition coefficient (Wildman–Crippen LogP) is -2.46. The summed E-state index contributed by atoms with van der Waals surface area (Å²) in [6.45, 7) is 0. The first-order chi connectivity index (χ1) is 9.50. The maximum atomic E-state index is 12.3. The van der Waals surface area contributed by atoms with Crippen LogP contribution in [0, 0.1) is 0 Å². The number of benzene rings is 2. The van der Waals surface area contributed by atoms with Gasteiger partial charge in [-0.3, -0.25) is 9.59 Å². The zero-order valence-electron chi connectivity index (χ0n) is 11.0. The van der Waals surface area contributed by atoms with E-state index in [1.807, 2.05) is 0 Å². The minimum absolute atomic E-state index is 0. The van der Waals surface area contributed by atoms with Crippen LogP contribution in [0.3, 0.4) is 0 Å². The van der Waals surface area contributed by atoms with E-state index in [2.05, 4.69) is 0 Å². The smallest absolute Gasteiger partial charge is 0.545 e. The summed E-state index contributed by atoms with van der Waals surface area (Å²) in [5.41, 5.74) is -0.241. The van der Waals surface area contributed by atoms with Crippen molar-refractivity contribution >= 4 is 17.5 Å². The van der Waals surface area contributed by atoms with E-state index in [9.17, 15) is 24.6 Å². The molecule has 3 rings (SSSR count). The normalized spacial score (nSPS) is 12.2. The van der Waals surface area contributed by atoms with Crippen LogP contribution in [0.25, 0.3) is 0 Å². The number of phenols is 1. The van der Waals surface area contributed by atoms with Gasteiger partial charge in [0.2, 0.25) is 0 Å². The maximum Gasteiger partial charge on any atom is 1.00 e. The SMILES string of the molecule is O=C([O-])c1cc(O)c2c(c1)C(=O)c1ccccc1C2=O.[K+]. The van der Waals surface area contributed by atoms with Crippen molar-refractivity contribution in [2.45, 2.75) is 0 Å². The molecule has 1 aliphatic carbocycles. The van der Waals surface area contributed by atoms with E-state index in [4.69, 9.17) is 0 Å². The number of ketones is 2. The topological polar surface area (TPSA) is 94.5 Å². The first kappa shape index (κ1) is 16.1. The van der Waals surface area contributed by atoms with E-state index in [-0.39, 0.29) is 79.2 Å². The number of aromatic carboxylic acids is 1. The summed E-state index contributed by atoms with van der Waals surface area (Å²) in [5.74, 6) is -3.05. The second-order valence-corrected chi connectivity index (χ2v) is 4.41. The molecule has 0 aliphatic heterocycles. The van der Waals surface area contributed by atoms with Gasteiger partial charge in [0.25, 0.3) is 0 Å². The average Bonchev–Trinajstić information content (AvgIpc) is 2.44. The molecule has 21 heavy (non-hydrogen) atoms. The maximum absolute atomic E-state index is 12.3. The van der Waals surface area contributed by atoms with Crippen molar-refractivity contribution in [3.05, 3.63) is 64.2 Å². The summed E-state index contributed by atoms with van der Waals surface area (Å²) >= 11 is 0. The van der Waals surface area contributed by atoms with Crippen molar-refractivity contribution in [2.75, 3.05) is 0 Å². The number of carbonyl (C=O) groups is 3. The molecule has 2 aromatic rings. The second kappa shape index (κ2) is 5.82. The van der Waals surface area contributed by atoms with Crippen LogP contribution in [-0.2, 0) is 0 Å². The molecule has 1 aliphatic rings. The zero-order valence-corrected chi connectivity index (χ0v) is 14.2. The third kappa shape index (κ3) is 2.49. The van der Waals surface area contributed by atoms with Crippen molar-refractivity contribution in [1.29, 1.82) is 0 Å². The molecule has 0 amide bonds. The third-order valence-corrected chi connectivity index (χ3v) is 3.24. The van der Waals surface area contributed by atoms with Gasteiger partial charge in [0, 0.05) is 22.3 Å². The summed E-state index contributed by atoms with van der Waals surface area (Å²) in [6.07, 6.45) is 0. The first-order valence-corrected chi connectivity index (χ1v) is 5.77. The molecule has 6 heteroatoms. The molecule has 98 valence electrons. The molecule has 0 bridgehead atoms. The summed E-state index contributed by atoms with van der Waals surface area (Å²) < 4.78 is 0. The van der Waals surface area contributed by atoms with E-state index >= 15 is 0 Å². The van der Waals surface area contributed by atoms with Crippen molar-refractivity contribution in [1.82, 2.24) is 0 Å². The van der Waals surface area contributed by atoms with Gasteiger partial charge in [-0.15, -0.1) is 0 Å². The molecule has 0 aromatic heterocycles. The van der Waals surface area contributed by atoms with Crippen LogP contribution in [0.5, 0.6) is 5.75 Å². The standard InChI is InChI=1S/C15H8O5.K/c16-11-6-7(15(19)20)5-10-12(11)14(18)9-4-2-1-3-8(9)13(10)17;/h1-6,16H,(H,19,20);/q;+1/p-1.